The summed E-state index contributed by atoms with van der Waals surface area (Å²) in [6, 6.07) is 13.9. The molecule has 0 heterocycles. The molecule has 1 unspecified atom stereocenters. The lowest BCUT2D eigenvalue weighted by Gasteiger charge is -2.14. The van der Waals surface area contributed by atoms with Crippen molar-refractivity contribution in [3.8, 4) is 11.5 Å². The van der Waals surface area contributed by atoms with Gasteiger partial charge in [0, 0.05) is 12.1 Å². The van der Waals surface area contributed by atoms with Gasteiger partial charge in [-0.25, -0.2) is 0 Å². The Morgan fingerprint density at radius 2 is 1.67 bits per heavy atom. The molecule has 0 aliphatic heterocycles. The largest absolute Gasteiger partial charge is 0.504 e. The molecule has 0 fully saturated rings. The first kappa shape index (κ1) is 12.3. The predicted molar refractivity (Wildman–Crippen MR) is 69.5 cm³/mol. The number of hydrogen-bond donors (Lipinski definition) is 4. The van der Waals surface area contributed by atoms with E-state index in [0.717, 1.165) is 11.3 Å². The van der Waals surface area contributed by atoms with E-state index in [9.17, 15) is 15.3 Å². The molecule has 4 N–H and O–H groups in total. The first-order chi connectivity index (χ1) is 8.65. The smallest absolute Gasteiger partial charge is 0.157 e. The van der Waals surface area contributed by atoms with Gasteiger partial charge in [-0.2, -0.15) is 0 Å². The zero-order valence-electron chi connectivity index (χ0n) is 9.74. The van der Waals surface area contributed by atoms with Gasteiger partial charge >= 0.3 is 0 Å². The van der Waals surface area contributed by atoms with Crippen molar-refractivity contribution >= 4 is 5.69 Å². The highest BCUT2D eigenvalue weighted by Crippen LogP contribution is 2.25. The molecule has 2 aromatic rings. The molecule has 0 aliphatic rings. The molecule has 0 spiro atoms. The minimum Gasteiger partial charge on any atom is -0.504 e. The normalized spacial score (nSPS) is 12.1. The fourth-order valence-corrected chi connectivity index (χ4v) is 1.70. The Labute approximate surface area is 105 Å². The van der Waals surface area contributed by atoms with Crippen LogP contribution in [0.5, 0.6) is 11.5 Å². The van der Waals surface area contributed by atoms with Crippen LogP contribution >= 0.6 is 0 Å². The SMILES string of the molecule is Oc1ccc(CC(O)Nc2ccccc2)cc1O. The minimum absolute atomic E-state index is 0.163. The highest BCUT2D eigenvalue weighted by molar-refractivity contribution is 5.44. The Kier molecular flexibility index (Phi) is 3.69. The summed E-state index contributed by atoms with van der Waals surface area (Å²) in [6.07, 6.45) is -0.417. The monoisotopic (exact) mass is 245 g/mol. The average Bonchev–Trinajstić information content (AvgIpc) is 2.35. The molecule has 2 rings (SSSR count). The van der Waals surface area contributed by atoms with Crippen molar-refractivity contribution in [1.82, 2.24) is 0 Å². The molecule has 4 heteroatoms. The van der Waals surface area contributed by atoms with E-state index >= 15 is 0 Å². The number of nitrogens with one attached hydrogen (secondary N) is 1. The van der Waals surface area contributed by atoms with Gasteiger partial charge in [-0.05, 0) is 29.8 Å². The number of phenols is 2. The summed E-state index contributed by atoms with van der Waals surface area (Å²) in [6.45, 7) is 0. The third-order valence-corrected chi connectivity index (χ3v) is 2.58. The van der Waals surface area contributed by atoms with Gasteiger partial charge in [-0.3, -0.25) is 0 Å². The summed E-state index contributed by atoms with van der Waals surface area (Å²) in [5.74, 6) is -0.344. The quantitative estimate of drug-likeness (QED) is 0.491. The molecule has 94 valence electrons. The molecule has 0 aliphatic carbocycles. The highest BCUT2D eigenvalue weighted by atomic mass is 16.3. The second kappa shape index (κ2) is 5.42. The van der Waals surface area contributed by atoms with Crippen LogP contribution in [-0.4, -0.2) is 21.5 Å². The Balaban J connectivity index is 1.99. The second-order valence-corrected chi connectivity index (χ2v) is 4.05. The van der Waals surface area contributed by atoms with Gasteiger partial charge in [0.15, 0.2) is 11.5 Å². The lowest BCUT2D eigenvalue weighted by Crippen LogP contribution is -2.21. The Morgan fingerprint density at radius 1 is 0.944 bits per heavy atom. The molecule has 0 saturated carbocycles. The van der Waals surface area contributed by atoms with E-state index in [1.165, 1.54) is 12.1 Å². The number of anilines is 1. The summed E-state index contributed by atoms with van der Waals surface area (Å²) in [5, 5.41) is 31.3. The summed E-state index contributed by atoms with van der Waals surface area (Å²) >= 11 is 0. The van der Waals surface area contributed by atoms with Crippen LogP contribution < -0.4 is 5.32 Å². The molecule has 0 radical (unpaired) electrons. The molecule has 0 amide bonds. The Morgan fingerprint density at radius 3 is 2.33 bits per heavy atom. The number of aromatic hydroxyl groups is 2. The molecule has 0 saturated heterocycles. The highest BCUT2D eigenvalue weighted by Gasteiger charge is 2.07. The van der Waals surface area contributed by atoms with Crippen molar-refractivity contribution in [1.29, 1.82) is 0 Å². The zero-order chi connectivity index (χ0) is 13.0. The number of benzene rings is 2. The van der Waals surface area contributed by atoms with Crippen LogP contribution in [-0.2, 0) is 6.42 Å². The summed E-state index contributed by atoms with van der Waals surface area (Å²) in [5.41, 5.74) is 1.56. The van der Waals surface area contributed by atoms with Crippen molar-refractivity contribution < 1.29 is 15.3 Å². The first-order valence-electron chi connectivity index (χ1n) is 5.65. The van der Waals surface area contributed by atoms with Gasteiger partial charge in [0.25, 0.3) is 0 Å². The van der Waals surface area contributed by atoms with Gasteiger partial charge in [0.2, 0.25) is 0 Å². The van der Waals surface area contributed by atoms with Gasteiger partial charge in [-0.15, -0.1) is 0 Å². The molecule has 4 nitrogen and oxygen atoms in total. The first-order valence-corrected chi connectivity index (χ1v) is 5.65. The van der Waals surface area contributed by atoms with Crippen molar-refractivity contribution in [2.75, 3.05) is 5.32 Å². The van der Waals surface area contributed by atoms with E-state index in [2.05, 4.69) is 5.32 Å². The van der Waals surface area contributed by atoms with Crippen LogP contribution in [0.25, 0.3) is 0 Å². The average molecular weight is 245 g/mol. The van der Waals surface area contributed by atoms with Gasteiger partial charge in [-0.1, -0.05) is 24.3 Å². The maximum atomic E-state index is 9.86. The maximum absolute atomic E-state index is 9.86. The molecule has 2 aromatic carbocycles. The third kappa shape index (κ3) is 3.15. The van der Waals surface area contributed by atoms with E-state index in [1.807, 2.05) is 30.3 Å². The number of aliphatic hydroxyl groups excluding tert-OH is 1. The standard InChI is InChI=1S/C14H15NO3/c16-12-7-6-10(8-13(12)17)9-14(18)15-11-4-2-1-3-5-11/h1-8,14-18H,9H2. The Bertz CT molecular complexity index is 514. The second-order valence-electron chi connectivity index (χ2n) is 4.05. The van der Waals surface area contributed by atoms with E-state index < -0.39 is 6.23 Å². The van der Waals surface area contributed by atoms with Crippen LogP contribution in [0.4, 0.5) is 5.69 Å². The van der Waals surface area contributed by atoms with Gasteiger partial charge in [0.1, 0.15) is 6.23 Å². The maximum Gasteiger partial charge on any atom is 0.157 e. The topological polar surface area (TPSA) is 72.7 Å². The number of phenolic OH excluding ortho intramolecular Hbond substituents is 2. The van der Waals surface area contributed by atoms with Crippen LogP contribution in [0.15, 0.2) is 48.5 Å². The molecule has 1 atom stereocenters. The van der Waals surface area contributed by atoms with Crippen molar-refractivity contribution in [2.45, 2.75) is 12.6 Å². The minimum atomic E-state index is -0.753. The predicted octanol–water partition coefficient (Wildman–Crippen LogP) is 2.07. The lowest BCUT2D eigenvalue weighted by atomic mass is 10.1. The van der Waals surface area contributed by atoms with Gasteiger partial charge in [0.05, 0.1) is 0 Å². The molecule has 0 bridgehead atoms. The van der Waals surface area contributed by atoms with Crippen LogP contribution in [0.3, 0.4) is 0 Å². The molecule has 0 aromatic heterocycles. The van der Waals surface area contributed by atoms with E-state index in [0.29, 0.717) is 6.42 Å². The van der Waals surface area contributed by atoms with Crippen LogP contribution in [0, 0.1) is 0 Å². The Hall–Kier alpha value is -2.20. The van der Waals surface area contributed by atoms with Crippen molar-refractivity contribution in [2.24, 2.45) is 0 Å². The molecular weight excluding hydrogens is 230 g/mol. The van der Waals surface area contributed by atoms with Crippen LogP contribution in [0.2, 0.25) is 0 Å². The fraction of sp³-hybridized carbons (Fsp3) is 0.143. The lowest BCUT2D eigenvalue weighted by molar-refractivity contribution is 0.204. The molecular formula is C14H15NO3. The number of aliphatic hydroxyl groups is 1. The summed E-state index contributed by atoms with van der Waals surface area (Å²) in [4.78, 5) is 0. The van der Waals surface area contributed by atoms with Gasteiger partial charge < -0.3 is 20.6 Å². The van der Waals surface area contributed by atoms with Crippen molar-refractivity contribution in [3.63, 3.8) is 0 Å². The molecule has 18 heavy (non-hydrogen) atoms. The summed E-state index contributed by atoms with van der Waals surface area (Å²) < 4.78 is 0. The van der Waals surface area contributed by atoms with E-state index in [4.69, 9.17) is 0 Å². The fourth-order valence-electron chi connectivity index (χ4n) is 1.70. The van der Waals surface area contributed by atoms with E-state index in [-0.39, 0.29) is 11.5 Å². The number of rotatable bonds is 4. The third-order valence-electron chi connectivity index (χ3n) is 2.58. The van der Waals surface area contributed by atoms with E-state index in [1.54, 1.807) is 6.07 Å². The van der Waals surface area contributed by atoms with Crippen molar-refractivity contribution in [3.05, 3.63) is 54.1 Å². The number of para-hydroxylation sites is 1. The van der Waals surface area contributed by atoms with Crippen LogP contribution in [0.1, 0.15) is 5.56 Å². The summed E-state index contributed by atoms with van der Waals surface area (Å²) in [7, 11) is 0. The zero-order valence-corrected chi connectivity index (χ0v) is 9.74. The number of hydrogen-bond acceptors (Lipinski definition) is 4.